The summed E-state index contributed by atoms with van der Waals surface area (Å²) < 4.78 is 0. The Morgan fingerprint density at radius 1 is 1.18 bits per heavy atom. The number of phenols is 2. The highest BCUT2D eigenvalue weighted by Crippen LogP contribution is 2.41. The van der Waals surface area contributed by atoms with Crippen molar-refractivity contribution in [3.8, 4) is 11.5 Å². The minimum atomic E-state index is -1.24. The highest BCUT2D eigenvalue weighted by atomic mass is 35.5. The van der Waals surface area contributed by atoms with Crippen LogP contribution in [-0.2, 0) is 6.42 Å². The maximum Gasteiger partial charge on any atom is 0.339 e. The van der Waals surface area contributed by atoms with E-state index in [-0.39, 0.29) is 33.2 Å². The van der Waals surface area contributed by atoms with Crippen molar-refractivity contribution in [1.82, 2.24) is 0 Å². The molecule has 0 aliphatic heterocycles. The molecule has 1 unspecified atom stereocenters. The monoisotopic (exact) mass is 328 g/mol. The zero-order valence-electron chi connectivity index (χ0n) is 13.4. The van der Waals surface area contributed by atoms with Gasteiger partial charge < -0.3 is 15.3 Å². The SMILES string of the molecule is CCCCCC(C)CCc1c(O)c(Cl)c(C)c(C(=O)O)c1O. The molecular formula is C17H25ClO4. The van der Waals surface area contributed by atoms with Crippen molar-refractivity contribution in [1.29, 1.82) is 0 Å². The topological polar surface area (TPSA) is 77.8 Å². The van der Waals surface area contributed by atoms with Gasteiger partial charge in [-0.3, -0.25) is 0 Å². The maximum absolute atomic E-state index is 11.3. The summed E-state index contributed by atoms with van der Waals surface area (Å²) in [4.78, 5) is 11.3. The van der Waals surface area contributed by atoms with Crippen molar-refractivity contribution < 1.29 is 20.1 Å². The summed E-state index contributed by atoms with van der Waals surface area (Å²) in [7, 11) is 0. The number of hydrogen-bond acceptors (Lipinski definition) is 3. The number of aromatic hydroxyl groups is 2. The van der Waals surface area contributed by atoms with Gasteiger partial charge in [0.15, 0.2) is 0 Å². The Balaban J connectivity index is 2.93. The van der Waals surface area contributed by atoms with Crippen molar-refractivity contribution in [3.05, 3.63) is 21.7 Å². The van der Waals surface area contributed by atoms with E-state index >= 15 is 0 Å². The lowest BCUT2D eigenvalue weighted by atomic mass is 9.93. The van der Waals surface area contributed by atoms with Gasteiger partial charge in [-0.2, -0.15) is 0 Å². The normalized spacial score (nSPS) is 12.4. The van der Waals surface area contributed by atoms with Gasteiger partial charge in [0.1, 0.15) is 17.1 Å². The molecular weight excluding hydrogens is 304 g/mol. The third-order valence-corrected chi connectivity index (χ3v) is 4.58. The summed E-state index contributed by atoms with van der Waals surface area (Å²) in [6.07, 6.45) is 5.78. The van der Waals surface area contributed by atoms with E-state index in [1.807, 2.05) is 0 Å². The number of rotatable bonds is 8. The van der Waals surface area contributed by atoms with Crippen LogP contribution in [0.5, 0.6) is 11.5 Å². The van der Waals surface area contributed by atoms with Crippen LogP contribution in [0.15, 0.2) is 0 Å². The number of hydrogen-bond donors (Lipinski definition) is 3. The molecule has 0 bridgehead atoms. The van der Waals surface area contributed by atoms with E-state index in [9.17, 15) is 20.1 Å². The maximum atomic E-state index is 11.3. The Hall–Kier alpha value is -1.42. The molecule has 0 aromatic heterocycles. The van der Waals surface area contributed by atoms with Gasteiger partial charge in [-0.25, -0.2) is 4.79 Å². The Morgan fingerprint density at radius 3 is 2.36 bits per heavy atom. The van der Waals surface area contributed by atoms with Crippen LogP contribution in [-0.4, -0.2) is 21.3 Å². The number of carbonyl (C=O) groups is 1. The number of carboxylic acid groups (broad SMARTS) is 1. The van der Waals surface area contributed by atoms with Gasteiger partial charge in [0.25, 0.3) is 0 Å². The van der Waals surface area contributed by atoms with Crippen LogP contribution in [0, 0.1) is 12.8 Å². The third kappa shape index (κ3) is 4.29. The molecule has 0 heterocycles. The van der Waals surface area contributed by atoms with E-state index in [1.165, 1.54) is 19.8 Å². The summed E-state index contributed by atoms with van der Waals surface area (Å²) in [6, 6.07) is 0. The van der Waals surface area contributed by atoms with Crippen LogP contribution in [0.2, 0.25) is 5.02 Å². The second-order valence-electron chi connectivity index (χ2n) is 5.93. The Kier molecular flexibility index (Phi) is 7.01. The average molecular weight is 329 g/mol. The molecule has 1 aromatic carbocycles. The highest BCUT2D eigenvalue weighted by molar-refractivity contribution is 6.33. The third-order valence-electron chi connectivity index (χ3n) is 4.12. The lowest BCUT2D eigenvalue weighted by Gasteiger charge is -2.16. The first kappa shape index (κ1) is 18.6. The number of unbranched alkanes of at least 4 members (excludes halogenated alkanes) is 2. The van der Waals surface area contributed by atoms with Gasteiger partial charge in [0.05, 0.1) is 5.02 Å². The number of phenolic OH excluding ortho intramolecular Hbond substituents is 1. The van der Waals surface area contributed by atoms with Crippen molar-refractivity contribution in [2.45, 2.75) is 59.3 Å². The highest BCUT2D eigenvalue weighted by Gasteiger charge is 2.24. The first-order valence-corrected chi connectivity index (χ1v) is 8.15. The number of halogens is 1. The van der Waals surface area contributed by atoms with Crippen LogP contribution >= 0.6 is 11.6 Å². The quantitative estimate of drug-likeness (QED) is 0.593. The van der Waals surface area contributed by atoms with Crippen molar-refractivity contribution in [2.75, 3.05) is 0 Å². The van der Waals surface area contributed by atoms with Crippen LogP contribution in [0.4, 0.5) is 0 Å². The summed E-state index contributed by atoms with van der Waals surface area (Å²) >= 11 is 6.00. The Labute approximate surface area is 136 Å². The summed E-state index contributed by atoms with van der Waals surface area (Å²) in [6.45, 7) is 5.75. The van der Waals surface area contributed by atoms with Crippen molar-refractivity contribution >= 4 is 17.6 Å². The van der Waals surface area contributed by atoms with Crippen molar-refractivity contribution in [2.24, 2.45) is 5.92 Å². The van der Waals surface area contributed by atoms with Gasteiger partial charge in [0.2, 0.25) is 0 Å². The number of carboxylic acids is 1. The molecule has 124 valence electrons. The van der Waals surface area contributed by atoms with Gasteiger partial charge in [-0.15, -0.1) is 0 Å². The van der Waals surface area contributed by atoms with Gasteiger partial charge in [0, 0.05) is 5.56 Å². The van der Waals surface area contributed by atoms with Crippen molar-refractivity contribution in [3.63, 3.8) is 0 Å². The predicted molar refractivity (Wildman–Crippen MR) is 88.1 cm³/mol. The first-order chi connectivity index (χ1) is 10.3. The fourth-order valence-electron chi connectivity index (χ4n) is 2.64. The molecule has 0 aliphatic rings. The molecule has 22 heavy (non-hydrogen) atoms. The molecule has 5 heteroatoms. The lowest BCUT2D eigenvalue weighted by molar-refractivity contribution is 0.0692. The standard InChI is InChI=1S/C17H25ClO4/c1-4-5-6-7-10(2)8-9-12-15(19)13(17(21)22)11(3)14(18)16(12)20/h10,19-20H,4-9H2,1-3H3,(H,21,22). The molecule has 0 fully saturated rings. The zero-order chi connectivity index (χ0) is 16.9. The molecule has 0 amide bonds. The molecule has 0 saturated carbocycles. The van der Waals surface area contributed by atoms with Gasteiger partial charge in [-0.05, 0) is 31.2 Å². The second-order valence-corrected chi connectivity index (χ2v) is 6.31. The summed E-state index contributed by atoms with van der Waals surface area (Å²) in [5.74, 6) is -1.37. The van der Waals surface area contributed by atoms with E-state index in [0.29, 0.717) is 12.3 Å². The minimum Gasteiger partial charge on any atom is -0.507 e. The Morgan fingerprint density at radius 2 is 1.82 bits per heavy atom. The lowest BCUT2D eigenvalue weighted by Crippen LogP contribution is -2.05. The van der Waals surface area contributed by atoms with E-state index < -0.39 is 5.97 Å². The van der Waals surface area contributed by atoms with E-state index in [0.717, 1.165) is 19.3 Å². The van der Waals surface area contributed by atoms with Crippen LogP contribution in [0.25, 0.3) is 0 Å². The molecule has 0 spiro atoms. The summed E-state index contributed by atoms with van der Waals surface area (Å²) in [5.41, 5.74) is 0.190. The Bertz CT molecular complexity index is 540. The van der Waals surface area contributed by atoms with Gasteiger partial charge in [-0.1, -0.05) is 51.1 Å². The van der Waals surface area contributed by atoms with E-state index in [4.69, 9.17) is 11.6 Å². The molecule has 0 radical (unpaired) electrons. The van der Waals surface area contributed by atoms with Crippen LogP contribution < -0.4 is 0 Å². The fourth-order valence-corrected chi connectivity index (χ4v) is 2.85. The largest absolute Gasteiger partial charge is 0.507 e. The molecule has 1 atom stereocenters. The molecule has 4 nitrogen and oxygen atoms in total. The average Bonchev–Trinajstić information content (AvgIpc) is 2.45. The molecule has 1 rings (SSSR count). The minimum absolute atomic E-state index is 0.00355. The predicted octanol–water partition coefficient (Wildman–Crippen LogP) is 4.91. The first-order valence-electron chi connectivity index (χ1n) is 7.77. The number of aromatic carboxylic acids is 1. The fraction of sp³-hybridized carbons (Fsp3) is 0.588. The second kappa shape index (κ2) is 8.28. The summed E-state index contributed by atoms with van der Waals surface area (Å²) in [5, 5.41) is 29.5. The van der Waals surface area contributed by atoms with Crippen LogP contribution in [0.3, 0.4) is 0 Å². The molecule has 1 aromatic rings. The van der Waals surface area contributed by atoms with E-state index in [2.05, 4.69) is 13.8 Å². The van der Waals surface area contributed by atoms with Crippen LogP contribution in [0.1, 0.15) is 67.4 Å². The van der Waals surface area contributed by atoms with E-state index in [1.54, 1.807) is 0 Å². The molecule has 3 N–H and O–H groups in total. The number of benzene rings is 1. The molecule has 0 saturated heterocycles. The smallest absolute Gasteiger partial charge is 0.339 e. The van der Waals surface area contributed by atoms with Gasteiger partial charge >= 0.3 is 5.97 Å². The zero-order valence-corrected chi connectivity index (χ0v) is 14.2. The molecule has 0 aliphatic carbocycles.